The minimum Gasteiger partial charge on any atom is -0.593 e. The molecule has 0 amide bonds. The van der Waals surface area contributed by atoms with E-state index in [0.29, 0.717) is 34.4 Å². The van der Waals surface area contributed by atoms with Crippen LogP contribution < -0.4 is 14.2 Å². The molecule has 0 radical (unpaired) electrons. The summed E-state index contributed by atoms with van der Waals surface area (Å²) >= 11 is -1.63. The molecule has 0 aliphatic heterocycles. The second-order valence-corrected chi connectivity index (χ2v) is 8.66. The molecule has 0 spiro atoms. The fourth-order valence-corrected chi connectivity index (χ4v) is 4.00. The van der Waals surface area contributed by atoms with Crippen LogP contribution in [0.25, 0.3) is 17.1 Å². The lowest BCUT2D eigenvalue weighted by Gasteiger charge is -2.20. The molecular weight excluding hydrogens is 463 g/mol. The summed E-state index contributed by atoms with van der Waals surface area (Å²) in [5.74, 6) is 1.38. The van der Waals surface area contributed by atoms with E-state index in [1.165, 1.54) is 20.5 Å². The van der Waals surface area contributed by atoms with Crippen molar-refractivity contribution in [3.05, 3.63) is 61.0 Å². The number of anilines is 1. The number of rotatable bonds is 9. The monoisotopic (exact) mass is 484 g/mol. The molecule has 34 heavy (non-hydrogen) atoms. The standard InChI is InChI=1S/C21H21FN8O3S/c1-13(7-18-25-10-15(22)11-26-18)34(31)29-21-28-27-20(14-8-23-12-24-9-14)30(21)19-16(32-2)5-4-6-17(19)33-3/h4-6,8-13H,7H2,1-3H3,(H,28,29)/t13-,34?/m1/s1. The van der Waals surface area contributed by atoms with Crippen LogP contribution in [0.4, 0.5) is 10.3 Å². The number of para-hydroxylation sites is 1. The molecule has 2 atom stereocenters. The average Bonchev–Trinajstić information content (AvgIpc) is 3.28. The zero-order chi connectivity index (χ0) is 24.1. The number of halogens is 1. The first-order chi connectivity index (χ1) is 16.5. The third kappa shape index (κ3) is 4.89. The smallest absolute Gasteiger partial charge is 0.271 e. The Hall–Kier alpha value is -3.84. The number of hydrogen-bond donors (Lipinski definition) is 1. The van der Waals surface area contributed by atoms with Crippen molar-refractivity contribution < 1.29 is 18.4 Å². The van der Waals surface area contributed by atoms with E-state index < -0.39 is 22.4 Å². The first kappa shape index (κ1) is 23.3. The van der Waals surface area contributed by atoms with Gasteiger partial charge in [0.25, 0.3) is 5.95 Å². The highest BCUT2D eigenvalue weighted by atomic mass is 32.2. The van der Waals surface area contributed by atoms with E-state index in [-0.39, 0.29) is 12.4 Å². The highest BCUT2D eigenvalue weighted by Gasteiger charge is 2.27. The minimum absolute atomic E-state index is 0.187. The summed E-state index contributed by atoms with van der Waals surface area (Å²) < 4.78 is 41.9. The number of nitrogens with one attached hydrogen (secondary N) is 1. The summed E-state index contributed by atoms with van der Waals surface area (Å²) in [6.45, 7) is 1.76. The van der Waals surface area contributed by atoms with Crippen molar-refractivity contribution in [3.63, 3.8) is 0 Å². The van der Waals surface area contributed by atoms with Crippen LogP contribution in [-0.2, 0) is 17.8 Å². The molecule has 11 nitrogen and oxygen atoms in total. The topological polar surface area (TPSA) is 136 Å². The largest absolute Gasteiger partial charge is 0.593 e. The van der Waals surface area contributed by atoms with Crippen LogP contribution in [0.3, 0.4) is 0 Å². The maximum atomic E-state index is 13.1. The molecule has 4 rings (SSSR count). The van der Waals surface area contributed by atoms with Crippen LogP contribution in [-0.4, -0.2) is 58.7 Å². The molecule has 0 aliphatic carbocycles. The van der Waals surface area contributed by atoms with Crippen molar-refractivity contribution in [2.45, 2.75) is 18.6 Å². The van der Waals surface area contributed by atoms with Gasteiger partial charge in [-0.25, -0.2) is 24.3 Å². The normalized spacial score (nSPS) is 12.7. The van der Waals surface area contributed by atoms with Crippen molar-refractivity contribution in [1.29, 1.82) is 0 Å². The maximum absolute atomic E-state index is 13.1. The van der Waals surface area contributed by atoms with Gasteiger partial charge in [0.1, 0.15) is 34.6 Å². The van der Waals surface area contributed by atoms with Crippen LogP contribution in [0.5, 0.6) is 11.5 Å². The molecule has 1 unspecified atom stereocenters. The first-order valence-corrected chi connectivity index (χ1v) is 11.3. The maximum Gasteiger partial charge on any atom is 0.271 e. The molecule has 1 aromatic carbocycles. The summed E-state index contributed by atoms with van der Waals surface area (Å²) in [4.78, 5) is 16.0. The van der Waals surface area contributed by atoms with E-state index >= 15 is 0 Å². The van der Waals surface area contributed by atoms with E-state index in [1.54, 1.807) is 42.1 Å². The van der Waals surface area contributed by atoms with Crippen LogP contribution in [0, 0.1) is 5.82 Å². The molecule has 0 bridgehead atoms. The summed E-state index contributed by atoms with van der Waals surface area (Å²) in [5.41, 5.74) is 1.08. The van der Waals surface area contributed by atoms with Gasteiger partial charge in [-0.3, -0.25) is 4.57 Å². The summed E-state index contributed by atoms with van der Waals surface area (Å²) in [6.07, 6.45) is 6.98. The zero-order valence-corrected chi connectivity index (χ0v) is 19.4. The van der Waals surface area contributed by atoms with Crippen molar-refractivity contribution in [3.8, 4) is 28.6 Å². The second kappa shape index (κ2) is 10.4. The van der Waals surface area contributed by atoms with Crippen molar-refractivity contribution >= 4 is 17.3 Å². The Morgan fingerprint density at radius 1 is 1.06 bits per heavy atom. The highest BCUT2D eigenvalue weighted by Crippen LogP contribution is 2.37. The average molecular weight is 485 g/mol. The van der Waals surface area contributed by atoms with E-state index in [1.807, 2.05) is 0 Å². The number of nitrogens with zero attached hydrogens (tertiary/aromatic N) is 7. The second-order valence-electron chi connectivity index (χ2n) is 7.05. The molecule has 0 aliphatic rings. The van der Waals surface area contributed by atoms with Gasteiger partial charge in [-0.2, -0.15) is 4.72 Å². The number of methoxy groups -OCH3 is 2. The van der Waals surface area contributed by atoms with Gasteiger partial charge in [-0.1, -0.05) is 6.07 Å². The Labute approximate surface area is 197 Å². The van der Waals surface area contributed by atoms with Gasteiger partial charge < -0.3 is 14.0 Å². The Morgan fingerprint density at radius 2 is 1.71 bits per heavy atom. The van der Waals surface area contributed by atoms with Crippen LogP contribution in [0.2, 0.25) is 0 Å². The quantitative estimate of drug-likeness (QED) is 0.353. The highest BCUT2D eigenvalue weighted by molar-refractivity contribution is 7.93. The fraction of sp³-hybridized carbons (Fsp3) is 0.238. The molecule has 3 aromatic heterocycles. The van der Waals surface area contributed by atoms with Gasteiger partial charge in [0.15, 0.2) is 11.6 Å². The molecular formula is C21H21FN8O3S. The molecule has 176 valence electrons. The van der Waals surface area contributed by atoms with E-state index in [2.05, 4.69) is 34.9 Å². The molecule has 0 saturated heterocycles. The number of aromatic nitrogens is 7. The van der Waals surface area contributed by atoms with Crippen molar-refractivity contribution in [2.75, 3.05) is 18.9 Å². The lowest BCUT2D eigenvalue weighted by Crippen LogP contribution is -2.29. The van der Waals surface area contributed by atoms with Gasteiger partial charge in [0.05, 0.1) is 50.0 Å². The van der Waals surface area contributed by atoms with Crippen LogP contribution >= 0.6 is 0 Å². The van der Waals surface area contributed by atoms with Crippen LogP contribution in [0.15, 0.2) is 49.3 Å². The van der Waals surface area contributed by atoms with Gasteiger partial charge in [0, 0.05) is 12.4 Å². The Morgan fingerprint density at radius 3 is 2.32 bits per heavy atom. The van der Waals surface area contributed by atoms with Gasteiger partial charge in [-0.15, -0.1) is 10.2 Å². The predicted molar refractivity (Wildman–Crippen MR) is 122 cm³/mol. The van der Waals surface area contributed by atoms with E-state index in [9.17, 15) is 8.94 Å². The SMILES string of the molecule is COc1cccc(OC)c1-n1c(N[S+]([O-])[C@H](C)Cc2ncc(F)cn2)nnc1-c1cncnc1. The Kier molecular flexibility index (Phi) is 7.13. The lowest BCUT2D eigenvalue weighted by atomic mass is 10.2. The molecule has 4 aromatic rings. The van der Waals surface area contributed by atoms with Gasteiger partial charge >= 0.3 is 0 Å². The van der Waals surface area contributed by atoms with E-state index in [4.69, 9.17) is 9.47 Å². The van der Waals surface area contributed by atoms with Gasteiger partial charge in [-0.05, 0) is 19.1 Å². The molecule has 13 heteroatoms. The Bertz CT molecular complexity index is 1220. The number of benzene rings is 1. The molecule has 0 saturated carbocycles. The number of hydrogen-bond acceptors (Lipinski definition) is 10. The Balaban J connectivity index is 1.73. The van der Waals surface area contributed by atoms with Gasteiger partial charge in [0.2, 0.25) is 0 Å². The summed E-state index contributed by atoms with van der Waals surface area (Å²) in [7, 11) is 3.06. The van der Waals surface area contributed by atoms with E-state index in [0.717, 1.165) is 12.4 Å². The summed E-state index contributed by atoms with van der Waals surface area (Å²) in [6, 6.07) is 5.31. The third-order valence-electron chi connectivity index (χ3n) is 4.81. The minimum atomic E-state index is -1.63. The van der Waals surface area contributed by atoms with Crippen molar-refractivity contribution in [2.24, 2.45) is 0 Å². The summed E-state index contributed by atoms with van der Waals surface area (Å²) in [5, 5.41) is 8.07. The molecule has 1 N–H and O–H groups in total. The predicted octanol–water partition coefficient (Wildman–Crippen LogP) is 2.38. The van der Waals surface area contributed by atoms with Crippen molar-refractivity contribution in [1.82, 2.24) is 34.7 Å². The first-order valence-electron chi connectivity index (χ1n) is 10.1. The molecule has 3 heterocycles. The molecule has 0 fully saturated rings. The number of ether oxygens (including phenoxy) is 2. The lowest BCUT2D eigenvalue weighted by molar-refractivity contribution is 0.391. The zero-order valence-electron chi connectivity index (χ0n) is 18.5. The fourth-order valence-electron chi connectivity index (χ4n) is 3.18. The van der Waals surface area contributed by atoms with Crippen LogP contribution in [0.1, 0.15) is 12.7 Å². The third-order valence-corrected chi connectivity index (χ3v) is 6.09.